The lowest BCUT2D eigenvalue weighted by Crippen LogP contribution is -2.46. The molecule has 4 unspecified atom stereocenters. The minimum Gasteiger partial charge on any atom is -0.481 e. The Morgan fingerprint density at radius 3 is 2.83 bits per heavy atom. The van der Waals surface area contributed by atoms with Crippen molar-refractivity contribution in [3.8, 4) is 0 Å². The first kappa shape index (κ1) is 11.6. The lowest BCUT2D eigenvalue weighted by Gasteiger charge is -2.28. The van der Waals surface area contributed by atoms with Gasteiger partial charge in [0.05, 0.1) is 17.6 Å². The first-order valence-corrected chi connectivity index (χ1v) is 6.97. The minimum absolute atomic E-state index is 0.193. The molecule has 0 radical (unpaired) electrons. The Bertz CT molecular complexity index is 474. The molecule has 0 aliphatic heterocycles. The summed E-state index contributed by atoms with van der Waals surface area (Å²) in [6, 6.07) is -0.212. The number of nitrogens with one attached hydrogen (secondary N) is 1. The number of thiazole rings is 1. The fourth-order valence-corrected chi connectivity index (χ4v) is 3.93. The third kappa shape index (κ3) is 1.80. The van der Waals surface area contributed by atoms with Crippen molar-refractivity contribution in [3.05, 3.63) is 16.6 Å². The Balaban J connectivity index is 1.75. The van der Waals surface area contributed by atoms with E-state index in [4.69, 9.17) is 0 Å². The number of carboxylic acid groups (broad SMARTS) is 1. The summed E-state index contributed by atoms with van der Waals surface area (Å²) in [5.74, 6) is -0.828. The highest BCUT2D eigenvalue weighted by Gasteiger charge is 2.51. The summed E-state index contributed by atoms with van der Waals surface area (Å²) in [7, 11) is 0. The van der Waals surface area contributed by atoms with Gasteiger partial charge in [-0.05, 0) is 31.1 Å². The molecule has 1 amide bonds. The monoisotopic (exact) mass is 266 g/mol. The molecule has 2 fully saturated rings. The zero-order chi connectivity index (χ0) is 12.7. The molecule has 18 heavy (non-hydrogen) atoms. The summed E-state index contributed by atoms with van der Waals surface area (Å²) < 4.78 is 0. The summed E-state index contributed by atoms with van der Waals surface area (Å²) in [6.07, 6.45) is 4.46. The van der Waals surface area contributed by atoms with Crippen LogP contribution in [0, 0.1) is 17.8 Å². The van der Waals surface area contributed by atoms with Crippen molar-refractivity contribution in [2.24, 2.45) is 17.8 Å². The van der Waals surface area contributed by atoms with Gasteiger partial charge in [-0.3, -0.25) is 14.6 Å². The molecule has 96 valence electrons. The maximum atomic E-state index is 12.0. The van der Waals surface area contributed by atoms with Crippen LogP contribution in [-0.2, 0) is 4.79 Å². The van der Waals surface area contributed by atoms with Crippen LogP contribution in [0.3, 0.4) is 0 Å². The molecule has 0 aromatic carbocycles. The predicted octanol–water partition coefficient (Wildman–Crippen LogP) is 1.37. The Morgan fingerprint density at radius 1 is 1.39 bits per heavy atom. The van der Waals surface area contributed by atoms with Gasteiger partial charge in [0.15, 0.2) is 0 Å². The topological polar surface area (TPSA) is 79.3 Å². The average molecular weight is 266 g/mol. The quantitative estimate of drug-likeness (QED) is 0.866. The van der Waals surface area contributed by atoms with E-state index in [9.17, 15) is 14.7 Å². The van der Waals surface area contributed by atoms with Crippen molar-refractivity contribution in [2.45, 2.75) is 25.3 Å². The molecular weight excluding hydrogens is 252 g/mol. The number of carbonyl (C=O) groups is 2. The number of nitrogens with zero attached hydrogens (tertiary/aromatic N) is 1. The van der Waals surface area contributed by atoms with Gasteiger partial charge in [-0.15, -0.1) is 11.3 Å². The van der Waals surface area contributed by atoms with E-state index >= 15 is 0 Å². The van der Waals surface area contributed by atoms with Crippen molar-refractivity contribution in [1.82, 2.24) is 10.3 Å². The number of hydrogen-bond acceptors (Lipinski definition) is 4. The third-order valence-electron chi connectivity index (χ3n) is 4.16. The molecule has 6 heteroatoms. The normalized spacial score (nSPS) is 33.6. The molecular formula is C12H14N2O3S. The number of carbonyl (C=O) groups excluding carboxylic acids is 1. The maximum Gasteiger partial charge on any atom is 0.308 e. The number of hydrogen-bond donors (Lipinski definition) is 2. The Hall–Kier alpha value is -1.43. The fraction of sp³-hybridized carbons (Fsp3) is 0.583. The molecule has 2 aliphatic rings. The largest absolute Gasteiger partial charge is 0.481 e. The van der Waals surface area contributed by atoms with E-state index in [1.807, 2.05) is 0 Å². The first-order chi connectivity index (χ1) is 8.66. The first-order valence-electron chi connectivity index (χ1n) is 6.09. The van der Waals surface area contributed by atoms with Gasteiger partial charge < -0.3 is 10.4 Å². The Kier molecular flexibility index (Phi) is 2.81. The number of rotatable bonds is 3. The molecule has 0 spiro atoms. The van der Waals surface area contributed by atoms with Gasteiger partial charge in [0.2, 0.25) is 0 Å². The zero-order valence-corrected chi connectivity index (χ0v) is 10.5. The van der Waals surface area contributed by atoms with Crippen molar-refractivity contribution in [2.75, 3.05) is 0 Å². The lowest BCUT2D eigenvalue weighted by atomic mass is 9.84. The fourth-order valence-electron chi connectivity index (χ4n) is 3.40. The van der Waals surface area contributed by atoms with E-state index in [1.54, 1.807) is 5.51 Å². The second-order valence-electron chi connectivity index (χ2n) is 5.06. The standard InChI is InChI=1S/C12H14N2O3S/c15-11(8-4-13-5-18-8)14-10-7-2-1-6(3-7)9(10)12(16)17/h4-7,9-10H,1-3H2,(H,14,15)(H,16,17). The molecule has 2 aliphatic carbocycles. The van der Waals surface area contributed by atoms with Gasteiger partial charge in [-0.2, -0.15) is 0 Å². The van der Waals surface area contributed by atoms with Gasteiger partial charge >= 0.3 is 5.97 Å². The molecule has 0 saturated heterocycles. The van der Waals surface area contributed by atoms with Gasteiger partial charge in [-0.25, -0.2) is 0 Å². The van der Waals surface area contributed by atoms with Crippen LogP contribution in [0.2, 0.25) is 0 Å². The summed E-state index contributed by atoms with van der Waals surface area (Å²) in [5.41, 5.74) is 1.60. The summed E-state index contributed by atoms with van der Waals surface area (Å²) >= 11 is 1.27. The number of aliphatic carboxylic acids is 1. The lowest BCUT2D eigenvalue weighted by molar-refractivity contribution is -0.144. The van der Waals surface area contributed by atoms with Crippen molar-refractivity contribution < 1.29 is 14.7 Å². The summed E-state index contributed by atoms with van der Waals surface area (Å²) in [5, 5.41) is 12.2. The predicted molar refractivity (Wildman–Crippen MR) is 65.3 cm³/mol. The van der Waals surface area contributed by atoms with E-state index in [0.717, 1.165) is 19.3 Å². The molecule has 4 atom stereocenters. The van der Waals surface area contributed by atoms with Crippen LogP contribution in [0.15, 0.2) is 11.7 Å². The van der Waals surface area contributed by atoms with Crippen LogP contribution in [0.4, 0.5) is 0 Å². The van der Waals surface area contributed by atoms with Crippen LogP contribution < -0.4 is 5.32 Å². The maximum absolute atomic E-state index is 12.0. The van der Waals surface area contributed by atoms with Gasteiger partial charge in [0.25, 0.3) is 5.91 Å². The average Bonchev–Trinajstić information content (AvgIpc) is 3.05. The van der Waals surface area contributed by atoms with Gasteiger partial charge in [0, 0.05) is 6.04 Å². The van der Waals surface area contributed by atoms with E-state index in [2.05, 4.69) is 10.3 Å². The number of carboxylic acids is 1. The van der Waals surface area contributed by atoms with Crippen molar-refractivity contribution >= 4 is 23.2 Å². The molecule has 2 N–H and O–H groups in total. The Labute approximate surface area is 108 Å². The van der Waals surface area contributed by atoms with Crippen LogP contribution in [0.1, 0.15) is 28.9 Å². The molecule has 2 bridgehead atoms. The molecule has 1 aromatic heterocycles. The summed E-state index contributed by atoms with van der Waals surface area (Å²) in [6.45, 7) is 0. The van der Waals surface area contributed by atoms with Gasteiger partial charge in [-0.1, -0.05) is 0 Å². The zero-order valence-electron chi connectivity index (χ0n) is 9.70. The van der Waals surface area contributed by atoms with E-state index in [-0.39, 0.29) is 17.9 Å². The molecule has 2 saturated carbocycles. The van der Waals surface area contributed by atoms with E-state index < -0.39 is 11.9 Å². The summed E-state index contributed by atoms with van der Waals surface area (Å²) in [4.78, 5) is 27.7. The molecule has 5 nitrogen and oxygen atoms in total. The van der Waals surface area contributed by atoms with Crippen molar-refractivity contribution in [3.63, 3.8) is 0 Å². The smallest absolute Gasteiger partial charge is 0.308 e. The molecule has 3 rings (SSSR count). The number of fused-ring (bicyclic) bond motifs is 2. The van der Waals surface area contributed by atoms with Crippen molar-refractivity contribution in [1.29, 1.82) is 0 Å². The highest BCUT2D eigenvalue weighted by atomic mass is 32.1. The van der Waals surface area contributed by atoms with Crippen LogP contribution in [-0.4, -0.2) is 28.0 Å². The van der Waals surface area contributed by atoms with Crippen LogP contribution in [0.25, 0.3) is 0 Å². The van der Waals surface area contributed by atoms with Crippen LogP contribution >= 0.6 is 11.3 Å². The van der Waals surface area contributed by atoms with E-state index in [1.165, 1.54) is 17.5 Å². The van der Waals surface area contributed by atoms with Crippen LogP contribution in [0.5, 0.6) is 0 Å². The number of aromatic nitrogens is 1. The second-order valence-corrected chi connectivity index (χ2v) is 5.95. The second kappa shape index (κ2) is 4.35. The highest BCUT2D eigenvalue weighted by molar-refractivity contribution is 7.11. The van der Waals surface area contributed by atoms with E-state index in [0.29, 0.717) is 10.8 Å². The highest BCUT2D eigenvalue weighted by Crippen LogP contribution is 2.48. The Morgan fingerprint density at radius 2 is 2.17 bits per heavy atom. The SMILES string of the molecule is O=C(NC1C2CCC(C2)C1C(=O)O)c1cncs1. The van der Waals surface area contributed by atoms with Gasteiger partial charge in [0.1, 0.15) is 4.88 Å². The number of amides is 1. The molecule has 1 heterocycles. The molecule has 1 aromatic rings. The minimum atomic E-state index is -0.781. The third-order valence-corrected chi connectivity index (χ3v) is 4.93.